The summed E-state index contributed by atoms with van der Waals surface area (Å²) >= 11 is 3.52. The van der Waals surface area contributed by atoms with Gasteiger partial charge >= 0.3 is 0 Å². The number of hydrogen-bond donors (Lipinski definition) is 0. The van der Waals surface area contributed by atoms with Gasteiger partial charge in [0.15, 0.2) is 0 Å². The Labute approximate surface area is 91.4 Å². The average molecular weight is 251 g/mol. The molecule has 0 rings (SSSR count). The topological polar surface area (TPSA) is 9.23 Å². The summed E-state index contributed by atoms with van der Waals surface area (Å²) in [7, 11) is 0. The van der Waals surface area contributed by atoms with E-state index in [1.54, 1.807) is 0 Å². The molecule has 0 aromatic carbocycles. The van der Waals surface area contributed by atoms with Crippen molar-refractivity contribution in [3.63, 3.8) is 0 Å². The summed E-state index contributed by atoms with van der Waals surface area (Å²) in [5.74, 6) is 1.31. The van der Waals surface area contributed by atoms with Crippen LogP contribution in [-0.2, 0) is 4.74 Å². The average Bonchev–Trinajstić information content (AvgIpc) is 2.11. The van der Waals surface area contributed by atoms with Crippen LogP contribution in [0, 0.1) is 11.8 Å². The number of rotatable bonds is 7. The molecule has 0 spiro atoms. The molecule has 0 heterocycles. The number of halogens is 1. The molecular weight excluding hydrogens is 228 g/mol. The Morgan fingerprint density at radius 3 is 2.23 bits per heavy atom. The quantitative estimate of drug-likeness (QED) is 0.624. The fourth-order valence-electron chi connectivity index (χ4n) is 1.09. The second kappa shape index (κ2) is 7.81. The summed E-state index contributed by atoms with van der Waals surface area (Å²) in [6, 6.07) is 0. The van der Waals surface area contributed by atoms with Gasteiger partial charge in [0.05, 0.1) is 12.7 Å². The molecular formula is C11H23BrO. The first-order valence-corrected chi connectivity index (χ1v) is 6.41. The molecule has 2 atom stereocenters. The van der Waals surface area contributed by atoms with Crippen LogP contribution in [0.1, 0.15) is 40.5 Å². The predicted molar refractivity (Wildman–Crippen MR) is 62.4 cm³/mol. The highest BCUT2D eigenvalue weighted by Gasteiger charge is 2.11. The molecule has 0 saturated heterocycles. The Hall–Kier alpha value is 0.440. The zero-order valence-electron chi connectivity index (χ0n) is 9.35. The van der Waals surface area contributed by atoms with Gasteiger partial charge in [-0.05, 0) is 25.2 Å². The zero-order chi connectivity index (χ0) is 10.3. The lowest BCUT2D eigenvalue weighted by Crippen LogP contribution is -2.20. The van der Waals surface area contributed by atoms with Gasteiger partial charge < -0.3 is 4.74 Å². The SMILES string of the molecule is CCCC(CBr)COC(C)C(C)C. The van der Waals surface area contributed by atoms with Crippen molar-refractivity contribution in [3.05, 3.63) is 0 Å². The fraction of sp³-hybridized carbons (Fsp3) is 1.00. The maximum absolute atomic E-state index is 5.78. The lowest BCUT2D eigenvalue weighted by molar-refractivity contribution is 0.0164. The van der Waals surface area contributed by atoms with Gasteiger partial charge in [-0.25, -0.2) is 0 Å². The van der Waals surface area contributed by atoms with E-state index in [0.29, 0.717) is 17.9 Å². The van der Waals surface area contributed by atoms with E-state index in [1.165, 1.54) is 12.8 Å². The van der Waals surface area contributed by atoms with E-state index in [-0.39, 0.29) is 0 Å². The van der Waals surface area contributed by atoms with Crippen LogP contribution in [0.2, 0.25) is 0 Å². The van der Waals surface area contributed by atoms with Crippen molar-refractivity contribution in [2.75, 3.05) is 11.9 Å². The molecule has 0 radical (unpaired) electrons. The van der Waals surface area contributed by atoms with Crippen LogP contribution in [0.15, 0.2) is 0 Å². The Morgan fingerprint density at radius 1 is 1.23 bits per heavy atom. The van der Waals surface area contributed by atoms with Crippen molar-refractivity contribution in [2.24, 2.45) is 11.8 Å². The summed E-state index contributed by atoms with van der Waals surface area (Å²) in [5, 5.41) is 1.06. The van der Waals surface area contributed by atoms with Crippen molar-refractivity contribution < 1.29 is 4.74 Å². The van der Waals surface area contributed by atoms with E-state index in [4.69, 9.17) is 4.74 Å². The van der Waals surface area contributed by atoms with Gasteiger partial charge in [0.2, 0.25) is 0 Å². The Bertz CT molecular complexity index is 115. The minimum Gasteiger partial charge on any atom is -0.378 e. The summed E-state index contributed by atoms with van der Waals surface area (Å²) < 4.78 is 5.78. The summed E-state index contributed by atoms with van der Waals surface area (Å²) in [5.41, 5.74) is 0. The number of ether oxygens (including phenoxy) is 1. The Kier molecular flexibility index (Phi) is 8.07. The van der Waals surface area contributed by atoms with Gasteiger partial charge in [-0.2, -0.15) is 0 Å². The van der Waals surface area contributed by atoms with Crippen LogP contribution >= 0.6 is 15.9 Å². The smallest absolute Gasteiger partial charge is 0.0570 e. The Morgan fingerprint density at radius 2 is 1.85 bits per heavy atom. The van der Waals surface area contributed by atoms with Gasteiger partial charge in [0, 0.05) is 5.33 Å². The van der Waals surface area contributed by atoms with Gasteiger partial charge in [0.1, 0.15) is 0 Å². The normalized spacial score (nSPS) is 16.2. The van der Waals surface area contributed by atoms with Crippen molar-refractivity contribution in [2.45, 2.75) is 46.6 Å². The highest BCUT2D eigenvalue weighted by molar-refractivity contribution is 9.09. The fourth-order valence-corrected chi connectivity index (χ4v) is 1.60. The highest BCUT2D eigenvalue weighted by Crippen LogP contribution is 2.13. The first kappa shape index (κ1) is 13.4. The molecule has 0 saturated carbocycles. The standard InChI is InChI=1S/C11H23BrO/c1-5-6-11(7-12)8-13-10(4)9(2)3/h9-11H,5-8H2,1-4H3. The van der Waals surface area contributed by atoms with E-state index in [1.807, 2.05) is 0 Å². The molecule has 2 heteroatoms. The third kappa shape index (κ3) is 6.50. The van der Waals surface area contributed by atoms with Crippen LogP contribution in [-0.4, -0.2) is 18.0 Å². The van der Waals surface area contributed by atoms with Crippen LogP contribution in [0.3, 0.4) is 0 Å². The molecule has 0 aromatic heterocycles. The lowest BCUT2D eigenvalue weighted by atomic mass is 10.1. The van der Waals surface area contributed by atoms with Crippen molar-refractivity contribution >= 4 is 15.9 Å². The van der Waals surface area contributed by atoms with Crippen LogP contribution in [0.5, 0.6) is 0 Å². The van der Waals surface area contributed by atoms with E-state index in [9.17, 15) is 0 Å². The molecule has 0 aliphatic rings. The number of alkyl halides is 1. The summed E-state index contributed by atoms with van der Waals surface area (Å²) in [4.78, 5) is 0. The van der Waals surface area contributed by atoms with E-state index in [2.05, 4.69) is 43.6 Å². The van der Waals surface area contributed by atoms with E-state index in [0.717, 1.165) is 11.9 Å². The molecule has 0 fully saturated rings. The van der Waals surface area contributed by atoms with Gasteiger partial charge in [0.25, 0.3) is 0 Å². The van der Waals surface area contributed by atoms with E-state index >= 15 is 0 Å². The molecule has 80 valence electrons. The van der Waals surface area contributed by atoms with Gasteiger partial charge in [-0.15, -0.1) is 0 Å². The maximum Gasteiger partial charge on any atom is 0.0570 e. The second-order valence-electron chi connectivity index (χ2n) is 4.09. The van der Waals surface area contributed by atoms with Crippen LogP contribution < -0.4 is 0 Å². The molecule has 0 N–H and O–H groups in total. The summed E-state index contributed by atoms with van der Waals surface area (Å²) in [6.45, 7) is 9.68. The van der Waals surface area contributed by atoms with Crippen LogP contribution in [0.4, 0.5) is 0 Å². The second-order valence-corrected chi connectivity index (χ2v) is 4.74. The lowest BCUT2D eigenvalue weighted by Gasteiger charge is -2.20. The maximum atomic E-state index is 5.78. The monoisotopic (exact) mass is 250 g/mol. The first-order valence-electron chi connectivity index (χ1n) is 5.29. The van der Waals surface area contributed by atoms with Crippen molar-refractivity contribution in [1.29, 1.82) is 0 Å². The van der Waals surface area contributed by atoms with Gasteiger partial charge in [-0.1, -0.05) is 43.1 Å². The highest BCUT2D eigenvalue weighted by atomic mass is 79.9. The third-order valence-electron chi connectivity index (χ3n) is 2.45. The van der Waals surface area contributed by atoms with Crippen molar-refractivity contribution in [3.8, 4) is 0 Å². The molecule has 1 nitrogen and oxygen atoms in total. The zero-order valence-corrected chi connectivity index (χ0v) is 10.9. The van der Waals surface area contributed by atoms with Crippen molar-refractivity contribution in [1.82, 2.24) is 0 Å². The number of hydrogen-bond acceptors (Lipinski definition) is 1. The molecule has 2 unspecified atom stereocenters. The Balaban J connectivity index is 3.58. The minimum absolute atomic E-state index is 0.387. The van der Waals surface area contributed by atoms with Gasteiger partial charge in [-0.3, -0.25) is 0 Å². The molecule has 0 aromatic rings. The summed E-state index contributed by atoms with van der Waals surface area (Å²) in [6.07, 6.45) is 2.89. The predicted octanol–water partition coefficient (Wildman–Crippen LogP) is 3.86. The molecule has 0 amide bonds. The third-order valence-corrected chi connectivity index (χ3v) is 3.36. The minimum atomic E-state index is 0.387. The molecule has 0 aliphatic heterocycles. The van der Waals surface area contributed by atoms with Crippen LogP contribution in [0.25, 0.3) is 0 Å². The van der Waals surface area contributed by atoms with E-state index < -0.39 is 0 Å². The largest absolute Gasteiger partial charge is 0.378 e. The molecule has 0 bridgehead atoms. The molecule has 0 aliphatic carbocycles. The molecule has 13 heavy (non-hydrogen) atoms. The first-order chi connectivity index (χ1) is 6.11.